The quantitative estimate of drug-likeness (QED) is 0.286. The van der Waals surface area contributed by atoms with Crippen molar-refractivity contribution in [3.05, 3.63) is 64.1 Å². The minimum Gasteiger partial charge on any atom is -0.497 e. The van der Waals surface area contributed by atoms with Gasteiger partial charge in [0.25, 0.3) is 0 Å². The normalized spacial score (nSPS) is 10.2. The van der Waals surface area contributed by atoms with E-state index >= 15 is 0 Å². The van der Waals surface area contributed by atoms with E-state index in [-0.39, 0.29) is 9.92 Å². The highest BCUT2D eigenvalue weighted by atomic mass is 35.5. The van der Waals surface area contributed by atoms with Crippen molar-refractivity contribution in [2.75, 3.05) is 18.5 Å². The predicted molar refractivity (Wildman–Crippen MR) is 116 cm³/mol. The number of benzene rings is 2. The first kappa shape index (κ1) is 23.3. The van der Waals surface area contributed by atoms with Gasteiger partial charge in [-0.2, -0.15) is 0 Å². The Bertz CT molecular complexity index is 927. The van der Waals surface area contributed by atoms with Crippen molar-refractivity contribution in [3.63, 3.8) is 0 Å². The molecule has 0 fully saturated rings. The van der Waals surface area contributed by atoms with Crippen molar-refractivity contribution >= 4 is 40.0 Å². The summed E-state index contributed by atoms with van der Waals surface area (Å²) in [5.74, 6) is -0.184. The van der Waals surface area contributed by atoms with Gasteiger partial charge in [0, 0.05) is 29.3 Å². The van der Waals surface area contributed by atoms with Gasteiger partial charge in [0.1, 0.15) is 23.1 Å². The van der Waals surface area contributed by atoms with E-state index in [0.717, 1.165) is 23.6 Å². The molecule has 1 aromatic heterocycles. The summed E-state index contributed by atoms with van der Waals surface area (Å²) in [6, 6.07) is 7.50. The van der Waals surface area contributed by atoms with Crippen molar-refractivity contribution in [2.24, 2.45) is 0 Å². The maximum absolute atomic E-state index is 14.2. The van der Waals surface area contributed by atoms with Gasteiger partial charge in [-0.1, -0.05) is 25.4 Å². The van der Waals surface area contributed by atoms with Crippen molar-refractivity contribution in [2.45, 2.75) is 25.3 Å². The number of anilines is 1. The smallest absolute Gasteiger partial charge is 0.195 e. The molecule has 29 heavy (non-hydrogen) atoms. The molecule has 0 saturated carbocycles. The molecule has 156 valence electrons. The summed E-state index contributed by atoms with van der Waals surface area (Å²) in [5, 5.41) is 2.35. The van der Waals surface area contributed by atoms with Crippen LogP contribution in [0.5, 0.6) is 11.5 Å². The molecule has 0 aliphatic rings. The minimum atomic E-state index is -0.795. The van der Waals surface area contributed by atoms with Gasteiger partial charge in [-0.15, -0.1) is 11.3 Å². The monoisotopic (exact) mass is 458 g/mol. The Balaban J connectivity index is 0.00000145. The van der Waals surface area contributed by atoms with E-state index in [1.54, 1.807) is 30.8 Å². The van der Waals surface area contributed by atoms with Crippen molar-refractivity contribution in [1.82, 2.24) is 4.98 Å². The number of aromatic nitrogens is 1. The minimum absolute atomic E-state index is 0.139. The second kappa shape index (κ2) is 11.2. The van der Waals surface area contributed by atoms with Crippen LogP contribution >= 0.6 is 34.9 Å². The van der Waals surface area contributed by atoms with Gasteiger partial charge in [0.2, 0.25) is 0 Å². The molecule has 9 heteroatoms. The summed E-state index contributed by atoms with van der Waals surface area (Å²) >= 11 is 8.31. The number of methoxy groups -OCH3 is 2. The first-order valence-electron chi connectivity index (χ1n) is 8.72. The van der Waals surface area contributed by atoms with Crippen molar-refractivity contribution in [1.29, 1.82) is 0 Å². The van der Waals surface area contributed by atoms with E-state index in [2.05, 4.69) is 4.98 Å². The van der Waals surface area contributed by atoms with E-state index in [1.807, 2.05) is 31.4 Å². The van der Waals surface area contributed by atoms with Crippen LogP contribution < -0.4 is 13.8 Å². The molecular weight excluding hydrogens is 438 g/mol. The number of rotatable bonds is 7. The Labute approximate surface area is 182 Å². The SMILES string of the molecule is CC.COc1ccc(CN(Sc2cc(Cl)c(F)cc2F)c2nccs2)c(OC)c1. The van der Waals surface area contributed by atoms with Crippen LogP contribution in [0.15, 0.2) is 46.8 Å². The number of hydrogen-bond acceptors (Lipinski definition) is 6. The summed E-state index contributed by atoms with van der Waals surface area (Å²) < 4.78 is 40.1. The number of thiazole rings is 1. The van der Waals surface area contributed by atoms with Crippen molar-refractivity contribution in [3.8, 4) is 11.5 Å². The highest BCUT2D eigenvalue weighted by Gasteiger charge is 2.18. The largest absolute Gasteiger partial charge is 0.497 e. The number of hydrogen-bond donors (Lipinski definition) is 0. The van der Waals surface area contributed by atoms with Crippen molar-refractivity contribution < 1.29 is 18.3 Å². The highest BCUT2D eigenvalue weighted by molar-refractivity contribution is 8.00. The summed E-state index contributed by atoms with van der Waals surface area (Å²) in [6.45, 7) is 4.37. The third-order valence-corrected chi connectivity index (χ3v) is 5.86. The van der Waals surface area contributed by atoms with Crippen LogP contribution in [-0.2, 0) is 6.54 Å². The van der Waals surface area contributed by atoms with Crippen LogP contribution in [0.3, 0.4) is 0 Å². The van der Waals surface area contributed by atoms with E-state index in [9.17, 15) is 8.78 Å². The Morgan fingerprint density at radius 2 is 1.86 bits per heavy atom. The lowest BCUT2D eigenvalue weighted by Gasteiger charge is -2.22. The van der Waals surface area contributed by atoms with Gasteiger partial charge in [-0.3, -0.25) is 4.31 Å². The summed E-state index contributed by atoms with van der Waals surface area (Å²) in [4.78, 5) is 4.49. The van der Waals surface area contributed by atoms with Crippen LogP contribution in [0, 0.1) is 11.6 Å². The standard InChI is InChI=1S/C18H15ClF2N2O2S2.C2H6/c1-24-12-4-3-11(16(7-12)25-2)10-23(18-22-5-6-26-18)27-17-8-13(19)14(20)9-15(17)21;1-2/h3-9H,10H2,1-2H3;1-2H3. The lowest BCUT2D eigenvalue weighted by atomic mass is 10.2. The van der Waals surface area contributed by atoms with Crippen LogP contribution in [-0.4, -0.2) is 19.2 Å². The number of ether oxygens (including phenoxy) is 2. The zero-order valence-corrected chi connectivity index (χ0v) is 18.8. The molecular formula is C20H21ClF2N2O2S2. The lowest BCUT2D eigenvalue weighted by molar-refractivity contribution is 0.391. The maximum Gasteiger partial charge on any atom is 0.195 e. The van der Waals surface area contributed by atoms with E-state index in [0.29, 0.717) is 23.2 Å². The number of halogens is 3. The Hall–Kier alpha value is -2.03. The number of nitrogens with zero attached hydrogens (tertiary/aromatic N) is 2. The molecule has 0 N–H and O–H groups in total. The molecule has 0 radical (unpaired) electrons. The molecule has 0 aliphatic heterocycles. The van der Waals surface area contributed by atoms with Gasteiger partial charge in [-0.05, 0) is 30.1 Å². The average molecular weight is 459 g/mol. The molecule has 0 saturated heterocycles. The first-order chi connectivity index (χ1) is 14.0. The highest BCUT2D eigenvalue weighted by Crippen LogP contribution is 2.37. The molecule has 0 atom stereocenters. The van der Waals surface area contributed by atoms with Crippen LogP contribution in [0.2, 0.25) is 5.02 Å². The fraction of sp³-hybridized carbons (Fsp3) is 0.250. The van der Waals surface area contributed by atoms with Crippen LogP contribution in [0.4, 0.5) is 13.9 Å². The summed E-state index contributed by atoms with van der Waals surface area (Å²) in [6.07, 6.45) is 1.66. The molecule has 0 spiro atoms. The predicted octanol–water partition coefficient (Wildman–Crippen LogP) is 6.83. The Morgan fingerprint density at radius 1 is 1.10 bits per heavy atom. The first-order valence-corrected chi connectivity index (χ1v) is 10.8. The lowest BCUT2D eigenvalue weighted by Crippen LogP contribution is -2.14. The third kappa shape index (κ3) is 5.98. The zero-order chi connectivity index (χ0) is 21.4. The van der Waals surface area contributed by atoms with Gasteiger partial charge in [0.05, 0.1) is 30.7 Å². The Kier molecular flexibility index (Phi) is 9.00. The second-order valence-electron chi connectivity index (χ2n) is 5.32. The zero-order valence-electron chi connectivity index (χ0n) is 16.4. The summed E-state index contributed by atoms with van der Waals surface area (Å²) in [7, 11) is 3.14. The Morgan fingerprint density at radius 3 is 2.48 bits per heavy atom. The van der Waals surface area contributed by atoms with Crippen LogP contribution in [0.25, 0.3) is 0 Å². The fourth-order valence-electron chi connectivity index (χ4n) is 2.31. The average Bonchev–Trinajstić information content (AvgIpc) is 3.28. The second-order valence-corrected chi connectivity index (χ2v) is 7.66. The van der Waals surface area contributed by atoms with Gasteiger partial charge >= 0.3 is 0 Å². The van der Waals surface area contributed by atoms with Gasteiger partial charge in [-0.25, -0.2) is 13.8 Å². The molecule has 0 unspecified atom stereocenters. The molecule has 3 rings (SSSR count). The van der Waals surface area contributed by atoms with Crippen LogP contribution in [0.1, 0.15) is 19.4 Å². The molecule has 4 nitrogen and oxygen atoms in total. The topological polar surface area (TPSA) is 34.6 Å². The van der Waals surface area contributed by atoms with Gasteiger partial charge in [0.15, 0.2) is 5.13 Å². The van der Waals surface area contributed by atoms with E-state index < -0.39 is 11.6 Å². The molecule has 3 aromatic rings. The van der Waals surface area contributed by atoms with Gasteiger partial charge < -0.3 is 9.47 Å². The molecule has 0 bridgehead atoms. The maximum atomic E-state index is 14.2. The summed E-state index contributed by atoms with van der Waals surface area (Å²) in [5.41, 5.74) is 0.856. The third-order valence-electron chi connectivity index (χ3n) is 3.62. The molecule has 0 amide bonds. The molecule has 0 aliphatic carbocycles. The molecule has 2 aromatic carbocycles. The van der Waals surface area contributed by atoms with E-state index in [1.165, 1.54) is 17.4 Å². The molecule has 1 heterocycles. The fourth-order valence-corrected chi connectivity index (χ4v) is 4.21. The van der Waals surface area contributed by atoms with E-state index in [4.69, 9.17) is 21.1 Å².